The van der Waals surface area contributed by atoms with Crippen molar-refractivity contribution in [3.05, 3.63) is 0 Å². The topological polar surface area (TPSA) is 78.5 Å². The van der Waals surface area contributed by atoms with Crippen LogP contribution < -0.4 is 10.6 Å². The van der Waals surface area contributed by atoms with Gasteiger partial charge >= 0.3 is 12.2 Å². The summed E-state index contributed by atoms with van der Waals surface area (Å²) in [6, 6.07) is -3.91. The van der Waals surface area contributed by atoms with Gasteiger partial charge in [0.25, 0.3) is 0 Å². The maximum Gasteiger partial charge on any atom is 0.408 e. The first-order valence-corrected chi connectivity index (χ1v) is 5.76. The summed E-state index contributed by atoms with van der Waals surface area (Å²) in [5.41, 5.74) is 0. The van der Waals surface area contributed by atoms with Crippen LogP contribution in [-0.4, -0.2) is 47.6 Å². The van der Waals surface area contributed by atoms with Crippen LogP contribution in [0.15, 0.2) is 0 Å². The number of imide groups is 1. The molecule has 0 radical (unpaired) electrons. The van der Waals surface area contributed by atoms with Crippen LogP contribution in [0.1, 0.15) is 19.3 Å². The van der Waals surface area contributed by atoms with Crippen molar-refractivity contribution in [2.75, 3.05) is 6.54 Å². The van der Waals surface area contributed by atoms with Crippen LogP contribution in [0.5, 0.6) is 0 Å². The lowest BCUT2D eigenvalue weighted by Crippen LogP contribution is -2.59. The molecule has 106 valence electrons. The van der Waals surface area contributed by atoms with Crippen molar-refractivity contribution >= 4 is 17.8 Å². The third-order valence-corrected chi connectivity index (χ3v) is 3.16. The van der Waals surface area contributed by atoms with Crippen LogP contribution in [-0.2, 0) is 9.59 Å². The summed E-state index contributed by atoms with van der Waals surface area (Å²) in [7, 11) is 0. The lowest BCUT2D eigenvalue weighted by atomic mass is 10.1. The fraction of sp³-hybridized carbons (Fsp3) is 0.700. The number of hydrogen-bond acceptors (Lipinski definition) is 3. The van der Waals surface area contributed by atoms with Crippen molar-refractivity contribution in [2.24, 2.45) is 0 Å². The van der Waals surface area contributed by atoms with Crippen LogP contribution in [0.4, 0.5) is 18.0 Å². The Morgan fingerprint density at radius 1 is 1.32 bits per heavy atom. The number of alkyl halides is 3. The summed E-state index contributed by atoms with van der Waals surface area (Å²) in [5, 5.41) is 4.08. The number of carbonyl (C=O) groups excluding carboxylic acids is 3. The van der Waals surface area contributed by atoms with Gasteiger partial charge in [0.1, 0.15) is 12.1 Å². The van der Waals surface area contributed by atoms with Crippen LogP contribution in [0, 0.1) is 0 Å². The van der Waals surface area contributed by atoms with Crippen molar-refractivity contribution in [2.45, 2.75) is 37.5 Å². The van der Waals surface area contributed by atoms with Gasteiger partial charge in [-0.05, 0) is 12.8 Å². The average molecular weight is 279 g/mol. The Bertz CT molecular complexity index is 408. The summed E-state index contributed by atoms with van der Waals surface area (Å²) >= 11 is 0. The molecule has 2 heterocycles. The molecule has 9 heteroatoms. The van der Waals surface area contributed by atoms with E-state index in [-0.39, 0.29) is 25.8 Å². The van der Waals surface area contributed by atoms with Gasteiger partial charge in [0.15, 0.2) is 0 Å². The predicted octanol–water partition coefficient (Wildman–Crippen LogP) is 0.138. The number of hydrogen-bond donors (Lipinski definition) is 2. The zero-order valence-electron chi connectivity index (χ0n) is 9.79. The molecule has 0 bridgehead atoms. The smallest absolute Gasteiger partial charge is 0.329 e. The van der Waals surface area contributed by atoms with E-state index in [0.29, 0.717) is 4.90 Å². The maximum atomic E-state index is 12.7. The molecule has 19 heavy (non-hydrogen) atoms. The van der Waals surface area contributed by atoms with Gasteiger partial charge in [0.2, 0.25) is 11.8 Å². The first-order valence-electron chi connectivity index (χ1n) is 5.76. The van der Waals surface area contributed by atoms with E-state index in [4.69, 9.17) is 0 Å². The Morgan fingerprint density at radius 2 is 2.00 bits per heavy atom. The summed E-state index contributed by atoms with van der Waals surface area (Å²) < 4.78 is 38.2. The molecule has 2 aliphatic rings. The van der Waals surface area contributed by atoms with Crippen LogP contribution in [0.2, 0.25) is 0 Å². The van der Waals surface area contributed by atoms with Gasteiger partial charge in [-0.15, -0.1) is 0 Å². The molecule has 0 spiro atoms. The van der Waals surface area contributed by atoms with E-state index >= 15 is 0 Å². The van der Waals surface area contributed by atoms with E-state index < -0.39 is 36.1 Å². The molecule has 2 saturated heterocycles. The Hall–Kier alpha value is -1.80. The minimum absolute atomic E-state index is 0.0169. The van der Waals surface area contributed by atoms with Gasteiger partial charge < -0.3 is 10.2 Å². The zero-order chi connectivity index (χ0) is 14.2. The van der Waals surface area contributed by atoms with Crippen molar-refractivity contribution < 1.29 is 27.6 Å². The molecule has 4 amide bonds. The second-order valence-corrected chi connectivity index (χ2v) is 4.51. The van der Waals surface area contributed by atoms with Crippen molar-refractivity contribution in [3.63, 3.8) is 0 Å². The molecule has 2 atom stereocenters. The first-order chi connectivity index (χ1) is 8.79. The van der Waals surface area contributed by atoms with E-state index in [1.54, 1.807) is 0 Å². The van der Waals surface area contributed by atoms with Gasteiger partial charge in [0, 0.05) is 6.54 Å². The molecule has 6 nitrogen and oxygen atoms in total. The molecule has 2 N–H and O–H groups in total. The fourth-order valence-corrected chi connectivity index (χ4v) is 2.33. The molecule has 0 aromatic carbocycles. The lowest BCUT2D eigenvalue weighted by Gasteiger charge is -2.31. The molecule has 0 unspecified atom stereocenters. The van der Waals surface area contributed by atoms with Crippen molar-refractivity contribution in [3.8, 4) is 0 Å². The molecule has 2 rings (SSSR count). The van der Waals surface area contributed by atoms with Crippen LogP contribution in [0.25, 0.3) is 0 Å². The Morgan fingerprint density at radius 3 is 2.58 bits per heavy atom. The SMILES string of the molecule is O=C1C[C@@H](C(=O)N2CCC[C@H]2C(F)(F)F)NC(=O)N1. The Balaban J connectivity index is 2.10. The third kappa shape index (κ3) is 2.79. The number of nitrogens with one attached hydrogen (secondary N) is 2. The van der Waals surface area contributed by atoms with E-state index in [9.17, 15) is 27.6 Å². The number of urea groups is 1. The van der Waals surface area contributed by atoms with Crippen molar-refractivity contribution in [1.29, 1.82) is 0 Å². The minimum Gasteiger partial charge on any atom is -0.329 e. The maximum absolute atomic E-state index is 12.7. The molecule has 2 aliphatic heterocycles. The first kappa shape index (κ1) is 13.6. The monoisotopic (exact) mass is 279 g/mol. The summed E-state index contributed by atoms with van der Waals surface area (Å²) in [6.45, 7) is -0.0169. The Labute approximate surface area is 106 Å². The highest BCUT2D eigenvalue weighted by Crippen LogP contribution is 2.33. The largest absolute Gasteiger partial charge is 0.408 e. The third-order valence-electron chi connectivity index (χ3n) is 3.16. The minimum atomic E-state index is -4.49. The summed E-state index contributed by atoms with van der Waals surface area (Å²) in [5.74, 6) is -1.53. The molecular formula is C10H12F3N3O3. The number of carbonyl (C=O) groups is 3. The van der Waals surface area contributed by atoms with E-state index in [1.807, 2.05) is 5.32 Å². The lowest BCUT2D eigenvalue weighted by molar-refractivity contribution is -0.183. The van der Waals surface area contributed by atoms with E-state index in [0.717, 1.165) is 0 Å². The molecule has 0 aliphatic carbocycles. The van der Waals surface area contributed by atoms with E-state index in [2.05, 4.69) is 5.32 Å². The second-order valence-electron chi connectivity index (χ2n) is 4.51. The molecule has 0 saturated carbocycles. The highest BCUT2D eigenvalue weighted by molar-refractivity contribution is 6.02. The number of nitrogens with zero attached hydrogens (tertiary/aromatic N) is 1. The van der Waals surface area contributed by atoms with Gasteiger partial charge in [-0.2, -0.15) is 13.2 Å². The quantitative estimate of drug-likeness (QED) is 0.716. The second kappa shape index (κ2) is 4.71. The normalized spacial score (nSPS) is 28.1. The molecule has 0 aromatic rings. The molecular weight excluding hydrogens is 267 g/mol. The fourth-order valence-electron chi connectivity index (χ4n) is 2.33. The van der Waals surface area contributed by atoms with Crippen molar-refractivity contribution in [1.82, 2.24) is 15.5 Å². The standard InChI is InChI=1S/C10H12F3N3O3/c11-10(12,13)6-2-1-3-16(6)8(18)5-4-7(17)15-9(19)14-5/h5-6H,1-4H2,(H2,14,15,17,19)/t5-,6-/m0/s1. The molecule has 2 fully saturated rings. The Kier molecular flexibility index (Phi) is 3.38. The van der Waals surface area contributed by atoms with Gasteiger partial charge in [-0.3, -0.25) is 14.9 Å². The number of rotatable bonds is 1. The zero-order valence-corrected chi connectivity index (χ0v) is 9.79. The highest BCUT2D eigenvalue weighted by Gasteiger charge is 2.49. The molecule has 0 aromatic heterocycles. The highest BCUT2D eigenvalue weighted by atomic mass is 19.4. The number of likely N-dealkylation sites (tertiary alicyclic amines) is 1. The van der Waals surface area contributed by atoms with Crippen LogP contribution in [0.3, 0.4) is 0 Å². The predicted molar refractivity (Wildman–Crippen MR) is 55.9 cm³/mol. The van der Waals surface area contributed by atoms with Gasteiger partial charge in [-0.1, -0.05) is 0 Å². The van der Waals surface area contributed by atoms with E-state index in [1.165, 1.54) is 0 Å². The number of amides is 4. The number of halogens is 3. The average Bonchev–Trinajstić information content (AvgIpc) is 2.74. The van der Waals surface area contributed by atoms with Gasteiger partial charge in [-0.25, -0.2) is 4.79 Å². The summed E-state index contributed by atoms with van der Waals surface area (Å²) in [4.78, 5) is 34.8. The summed E-state index contributed by atoms with van der Waals surface area (Å²) in [6.07, 6.45) is -4.73. The van der Waals surface area contributed by atoms with Crippen LogP contribution >= 0.6 is 0 Å². The van der Waals surface area contributed by atoms with Gasteiger partial charge in [0.05, 0.1) is 6.42 Å².